The van der Waals surface area contributed by atoms with Crippen LogP contribution >= 0.6 is 7.82 Å². The van der Waals surface area contributed by atoms with Crippen LogP contribution in [0, 0.1) is 0 Å². The largest absolute Gasteiger partial charge is 0.472 e. The maximum absolute atomic E-state index is 13.8. The number of ether oxygens (including phenoxy) is 22. The number of aliphatic hydroxyl groups is 2. The Balaban J connectivity index is 2.65. The van der Waals surface area contributed by atoms with E-state index in [0.29, 0.717) is 171 Å². The molecule has 0 spiro atoms. The van der Waals surface area contributed by atoms with Crippen molar-refractivity contribution in [3.63, 3.8) is 0 Å². The number of carbonyl (C=O) groups excluding carboxylic acids is 6. The standard InChI is InChI=1S/C72H138N5O36P/c1-62-70(84)77(71(85)65(113-62)58-112-114(86,87)91-5)111-23-9-22-110-76-69(83)13-6-12-66(80)73-18-28-95-39-44-103-54-53-102-43-38-94-26-17-68(82)75-72(59-107-24-14-63(78)10-7-20-92-36-41-100-49-46-97-33-30-88-2,60-108-25-15-64(79)11-8-21-93-37-42-101-52-56-105-50-47-98-34-31-89-3)61-109-27-16-67(81)74-19-29-96-40-45-104-55-57-106-51-48-99-35-32-90-4/h62,65,70-71,84-85H,6-61H2,1-5H3,(H,73,80)(H,74,81)(H,75,82)(H,76,83)(H,86,87). The molecule has 6 atom stereocenters. The van der Waals surface area contributed by atoms with Crippen LogP contribution in [-0.4, -0.2) is 405 Å². The summed E-state index contributed by atoms with van der Waals surface area (Å²) in [6, 6.07) is 0. The van der Waals surface area contributed by atoms with Crippen molar-refractivity contribution in [3.05, 3.63) is 0 Å². The summed E-state index contributed by atoms with van der Waals surface area (Å²) in [4.78, 5) is 97.4. The predicted octanol–water partition coefficient (Wildman–Crippen LogP) is -0.400. The van der Waals surface area contributed by atoms with Crippen molar-refractivity contribution >= 4 is 43.0 Å². The molecule has 6 unspecified atom stereocenters. The molecule has 0 aromatic rings. The van der Waals surface area contributed by atoms with Gasteiger partial charge in [-0.15, -0.1) is 5.06 Å². The van der Waals surface area contributed by atoms with E-state index in [1.807, 2.05) is 0 Å². The third-order valence-electron chi connectivity index (χ3n) is 15.5. The van der Waals surface area contributed by atoms with Crippen molar-refractivity contribution in [2.45, 2.75) is 114 Å². The lowest BCUT2D eigenvalue weighted by molar-refractivity contribution is -0.376. The lowest BCUT2D eigenvalue weighted by atomic mass is 10.0. The number of rotatable bonds is 89. The van der Waals surface area contributed by atoms with E-state index in [0.717, 1.165) is 12.2 Å². The fourth-order valence-corrected chi connectivity index (χ4v) is 9.82. The second-order valence-electron chi connectivity index (χ2n) is 25.1. The van der Waals surface area contributed by atoms with Crippen LogP contribution in [0.5, 0.6) is 0 Å². The summed E-state index contributed by atoms with van der Waals surface area (Å²) in [5.74, 6) is -1.54. The van der Waals surface area contributed by atoms with Crippen LogP contribution in [0.25, 0.3) is 0 Å². The molecule has 0 aromatic heterocycles. The molecule has 672 valence electrons. The Morgan fingerprint density at radius 2 is 0.711 bits per heavy atom. The molecule has 1 fully saturated rings. The maximum atomic E-state index is 13.8. The minimum Gasteiger partial charge on any atom is -0.382 e. The van der Waals surface area contributed by atoms with Gasteiger partial charge in [0.15, 0.2) is 12.5 Å². The van der Waals surface area contributed by atoms with E-state index in [2.05, 4.69) is 26.0 Å². The molecule has 7 N–H and O–H groups in total. The Hall–Kier alpha value is -3.75. The number of phosphoric ester groups is 1. The molecule has 4 amide bonds. The summed E-state index contributed by atoms with van der Waals surface area (Å²) >= 11 is 0. The zero-order valence-electron chi connectivity index (χ0n) is 68.1. The van der Waals surface area contributed by atoms with Gasteiger partial charge < -0.3 is 135 Å². The van der Waals surface area contributed by atoms with Gasteiger partial charge in [0.2, 0.25) is 23.6 Å². The number of hydroxylamine groups is 3. The summed E-state index contributed by atoms with van der Waals surface area (Å²) in [5.41, 5.74) is 0.939. The summed E-state index contributed by atoms with van der Waals surface area (Å²) in [7, 11) is 1.46. The minimum absolute atomic E-state index is 0.0118. The van der Waals surface area contributed by atoms with Gasteiger partial charge in [0.25, 0.3) is 0 Å². The number of hydrogen-bond acceptors (Lipinski definition) is 36. The van der Waals surface area contributed by atoms with E-state index in [4.69, 9.17) is 118 Å². The SMILES string of the molecule is COCCOCCOCCOCCCC(=O)CCOCC(COCCC(=O)CCCOCCOCCOCCOCCOC)(COCCC(=O)NCCOCCOCCOCCOCCOC)NC(=O)CCOCCOCCOCCOCCNC(=O)CCCC(=O)NOCCCON1C(O)C(C)OC(COP(=O)(O)OC)C1O. The van der Waals surface area contributed by atoms with Crippen LogP contribution in [-0.2, 0) is 156 Å². The first-order chi connectivity index (χ1) is 55.5. The smallest absolute Gasteiger partial charge is 0.382 e. The minimum atomic E-state index is -4.35. The van der Waals surface area contributed by atoms with Gasteiger partial charge >= 0.3 is 7.82 Å². The molecule has 1 saturated heterocycles. The maximum Gasteiger partial charge on any atom is 0.472 e. The molecule has 41 nitrogen and oxygen atoms in total. The Morgan fingerprint density at radius 3 is 1.11 bits per heavy atom. The van der Waals surface area contributed by atoms with Crippen LogP contribution in [0.4, 0.5) is 0 Å². The summed E-state index contributed by atoms with van der Waals surface area (Å²) in [5, 5.41) is 30.4. The Kier molecular flexibility index (Phi) is 75.1. The molecule has 0 radical (unpaired) electrons. The van der Waals surface area contributed by atoms with E-state index in [1.165, 1.54) is 6.92 Å². The third kappa shape index (κ3) is 68.1. The average Bonchev–Trinajstić information content (AvgIpc) is 0.811. The first-order valence-electron chi connectivity index (χ1n) is 39.1. The monoisotopic (exact) mass is 1680 g/mol. The van der Waals surface area contributed by atoms with E-state index < -0.39 is 56.4 Å². The molecule has 0 aliphatic carbocycles. The van der Waals surface area contributed by atoms with Gasteiger partial charge in [-0.1, -0.05) is 0 Å². The van der Waals surface area contributed by atoms with E-state index >= 15 is 0 Å². The Labute approximate surface area is 671 Å². The van der Waals surface area contributed by atoms with Crippen molar-refractivity contribution < 1.29 is 171 Å². The van der Waals surface area contributed by atoms with Crippen molar-refractivity contribution in [1.29, 1.82) is 0 Å². The van der Waals surface area contributed by atoms with Gasteiger partial charge in [-0.3, -0.25) is 47.5 Å². The number of nitrogens with one attached hydrogen (secondary N) is 4. The van der Waals surface area contributed by atoms with Gasteiger partial charge in [-0.2, -0.15) is 0 Å². The molecular formula is C72H138N5O36P. The molecule has 1 heterocycles. The molecule has 42 heteroatoms. The van der Waals surface area contributed by atoms with Gasteiger partial charge in [0.05, 0.1) is 270 Å². The van der Waals surface area contributed by atoms with E-state index in [1.54, 1.807) is 21.3 Å². The lowest BCUT2D eigenvalue weighted by Crippen LogP contribution is -2.61. The number of morpholine rings is 1. The van der Waals surface area contributed by atoms with Crippen LogP contribution in [0.2, 0.25) is 0 Å². The molecule has 0 aromatic carbocycles. The molecular weight excluding hydrogens is 1540 g/mol. The molecule has 114 heavy (non-hydrogen) atoms. The van der Waals surface area contributed by atoms with Gasteiger partial charge in [0, 0.05) is 106 Å². The van der Waals surface area contributed by atoms with E-state index in [9.17, 15) is 48.4 Å². The molecule has 1 aliphatic heterocycles. The number of methoxy groups -OCH3 is 3. The molecule has 1 aliphatic rings. The van der Waals surface area contributed by atoms with E-state index in [-0.39, 0.29) is 213 Å². The van der Waals surface area contributed by atoms with Crippen molar-refractivity contribution in [1.82, 2.24) is 26.5 Å². The first kappa shape index (κ1) is 108. The van der Waals surface area contributed by atoms with Crippen LogP contribution in [0.15, 0.2) is 0 Å². The third-order valence-corrected chi connectivity index (χ3v) is 16.4. The summed E-state index contributed by atoms with van der Waals surface area (Å²) in [6.45, 7) is 13.1. The molecule has 1 rings (SSSR count). The fourth-order valence-electron chi connectivity index (χ4n) is 9.38. The summed E-state index contributed by atoms with van der Waals surface area (Å²) in [6.07, 6.45) is -2.77. The average molecular weight is 1680 g/mol. The second kappa shape index (κ2) is 79.1. The van der Waals surface area contributed by atoms with Crippen molar-refractivity contribution in [3.8, 4) is 0 Å². The second-order valence-corrected chi connectivity index (χ2v) is 26.6. The highest BCUT2D eigenvalue weighted by molar-refractivity contribution is 7.47. The molecule has 0 saturated carbocycles. The van der Waals surface area contributed by atoms with Crippen LogP contribution < -0.4 is 21.4 Å². The number of carbonyl (C=O) groups is 6. The Morgan fingerprint density at radius 1 is 0.368 bits per heavy atom. The lowest BCUT2D eigenvalue weighted by Gasteiger charge is -2.43. The zero-order chi connectivity index (χ0) is 83.2. The number of nitrogens with zero attached hydrogens (tertiary/aromatic N) is 1. The van der Waals surface area contributed by atoms with Gasteiger partial charge in [0.1, 0.15) is 23.2 Å². The number of ketones is 2. The topological polar surface area (TPSA) is 472 Å². The highest BCUT2D eigenvalue weighted by atomic mass is 31.2. The predicted molar refractivity (Wildman–Crippen MR) is 404 cm³/mol. The highest BCUT2D eigenvalue weighted by Crippen LogP contribution is 2.42. The first-order valence-corrected chi connectivity index (χ1v) is 40.6. The number of aliphatic hydroxyl groups excluding tert-OH is 2. The highest BCUT2D eigenvalue weighted by Gasteiger charge is 2.43. The van der Waals surface area contributed by atoms with Crippen molar-refractivity contribution in [2.75, 3.05) is 319 Å². The van der Waals surface area contributed by atoms with Crippen molar-refractivity contribution in [2.24, 2.45) is 0 Å². The van der Waals surface area contributed by atoms with Gasteiger partial charge in [-0.05, 0) is 32.6 Å². The zero-order valence-corrected chi connectivity index (χ0v) is 69.0. The number of Topliss-reactive ketones (excluding diaryl/α,β-unsaturated/α-hetero) is 2. The molecule has 0 bridgehead atoms. The normalized spacial score (nSPS) is 16.2. The fraction of sp³-hybridized carbons (Fsp3) is 0.917. The van der Waals surface area contributed by atoms with Crippen LogP contribution in [0.1, 0.15) is 84.0 Å². The Bertz CT molecular complexity index is 2270. The van der Waals surface area contributed by atoms with Crippen LogP contribution in [0.3, 0.4) is 0 Å². The summed E-state index contributed by atoms with van der Waals surface area (Å²) < 4.78 is 142. The quantitative estimate of drug-likeness (QED) is 0.0231. The number of amides is 4. The number of hydrogen-bond donors (Lipinski definition) is 7. The number of phosphoric acid groups is 1. The van der Waals surface area contributed by atoms with Gasteiger partial charge in [-0.25, -0.2) is 10.0 Å².